The van der Waals surface area contributed by atoms with Gasteiger partial charge in [-0.1, -0.05) is 19.1 Å². The maximum Gasteiger partial charge on any atom is 0.203 e. The first-order valence-corrected chi connectivity index (χ1v) is 10.4. The van der Waals surface area contributed by atoms with Gasteiger partial charge in [0, 0.05) is 22.9 Å². The van der Waals surface area contributed by atoms with Gasteiger partial charge >= 0.3 is 0 Å². The van der Waals surface area contributed by atoms with Gasteiger partial charge < -0.3 is 18.9 Å². The highest BCUT2D eigenvalue weighted by Gasteiger charge is 2.22. The Bertz CT molecular complexity index is 1240. The van der Waals surface area contributed by atoms with Crippen molar-refractivity contribution in [2.75, 3.05) is 28.4 Å². The van der Waals surface area contributed by atoms with Crippen LogP contribution in [0.2, 0.25) is 0 Å². The number of aromatic nitrogens is 3. The first kappa shape index (κ1) is 21.5. The molecule has 4 rings (SSSR count). The summed E-state index contributed by atoms with van der Waals surface area (Å²) in [7, 11) is 6.48. The van der Waals surface area contributed by atoms with Crippen LogP contribution < -0.4 is 18.9 Å². The number of fused-ring (bicyclic) bond motifs is 1. The van der Waals surface area contributed by atoms with Crippen LogP contribution in [0, 0.1) is 6.92 Å². The summed E-state index contributed by atoms with van der Waals surface area (Å²) in [6.07, 6.45) is 0.814. The van der Waals surface area contributed by atoms with Gasteiger partial charge in [0.1, 0.15) is 5.75 Å². The minimum absolute atomic E-state index is 0.543. The number of rotatable bonds is 7. The van der Waals surface area contributed by atoms with E-state index in [0.29, 0.717) is 17.2 Å². The summed E-state index contributed by atoms with van der Waals surface area (Å²) in [5.41, 5.74) is 6.42. The van der Waals surface area contributed by atoms with Crippen molar-refractivity contribution in [2.45, 2.75) is 20.3 Å². The van der Waals surface area contributed by atoms with Crippen molar-refractivity contribution in [3.05, 3.63) is 53.9 Å². The van der Waals surface area contributed by atoms with Crippen LogP contribution in [0.3, 0.4) is 0 Å². The third kappa shape index (κ3) is 3.60. The van der Waals surface area contributed by atoms with Crippen LogP contribution in [0.5, 0.6) is 23.0 Å². The van der Waals surface area contributed by atoms with Crippen LogP contribution in [0.4, 0.5) is 0 Å². The molecule has 0 saturated carbocycles. The Kier molecular flexibility index (Phi) is 5.90. The zero-order valence-electron chi connectivity index (χ0n) is 19.2. The summed E-state index contributed by atoms with van der Waals surface area (Å²) in [5, 5.41) is 4.84. The van der Waals surface area contributed by atoms with Gasteiger partial charge in [-0.15, -0.1) is 0 Å². The molecule has 4 aromatic rings. The molecule has 0 atom stereocenters. The van der Waals surface area contributed by atoms with Gasteiger partial charge in [-0.25, -0.2) is 9.50 Å². The molecule has 0 bridgehead atoms. The number of methoxy groups -OCH3 is 4. The van der Waals surface area contributed by atoms with E-state index in [1.54, 1.807) is 28.4 Å². The molecule has 0 fully saturated rings. The molecule has 7 nitrogen and oxygen atoms in total. The van der Waals surface area contributed by atoms with E-state index >= 15 is 0 Å². The molecule has 0 amide bonds. The van der Waals surface area contributed by atoms with Crippen LogP contribution in [-0.2, 0) is 6.42 Å². The van der Waals surface area contributed by atoms with Crippen molar-refractivity contribution < 1.29 is 18.9 Å². The molecule has 0 aliphatic heterocycles. The average Bonchev–Trinajstić information content (AvgIpc) is 3.24. The van der Waals surface area contributed by atoms with Gasteiger partial charge in [0.2, 0.25) is 5.75 Å². The molecule has 32 heavy (non-hydrogen) atoms. The predicted molar refractivity (Wildman–Crippen MR) is 124 cm³/mol. The fourth-order valence-electron chi connectivity index (χ4n) is 3.93. The van der Waals surface area contributed by atoms with Crippen LogP contribution in [-0.4, -0.2) is 43.0 Å². The van der Waals surface area contributed by atoms with E-state index in [9.17, 15) is 0 Å². The van der Waals surface area contributed by atoms with Crippen molar-refractivity contribution in [3.8, 4) is 45.4 Å². The summed E-state index contributed by atoms with van der Waals surface area (Å²) in [6.45, 7) is 4.10. The quantitative estimate of drug-likeness (QED) is 0.410. The largest absolute Gasteiger partial charge is 0.497 e. The van der Waals surface area contributed by atoms with E-state index in [-0.39, 0.29) is 0 Å². The number of nitrogens with zero attached hydrogens (tertiary/aromatic N) is 3. The summed E-state index contributed by atoms with van der Waals surface area (Å²) in [6, 6.07) is 13.8. The lowest BCUT2D eigenvalue weighted by Gasteiger charge is -2.18. The summed E-state index contributed by atoms with van der Waals surface area (Å²) in [4.78, 5) is 4.85. The Morgan fingerprint density at radius 1 is 0.812 bits per heavy atom. The van der Waals surface area contributed by atoms with E-state index < -0.39 is 0 Å². The molecule has 2 heterocycles. The van der Waals surface area contributed by atoms with Crippen molar-refractivity contribution in [1.82, 2.24) is 14.6 Å². The Balaban J connectivity index is 2.09. The third-order valence-corrected chi connectivity index (χ3v) is 5.51. The molecule has 166 valence electrons. The molecule has 2 aromatic carbocycles. The average molecular weight is 434 g/mol. The molecule has 0 spiro atoms. The second-order valence-electron chi connectivity index (χ2n) is 7.32. The van der Waals surface area contributed by atoms with Gasteiger partial charge in [0.05, 0.1) is 39.8 Å². The first-order valence-electron chi connectivity index (χ1n) is 10.4. The smallest absolute Gasteiger partial charge is 0.203 e. The maximum atomic E-state index is 5.62. The number of benzene rings is 2. The van der Waals surface area contributed by atoms with Crippen LogP contribution in [0.25, 0.3) is 28.0 Å². The van der Waals surface area contributed by atoms with Gasteiger partial charge in [-0.3, -0.25) is 0 Å². The summed E-state index contributed by atoms with van der Waals surface area (Å²) in [5.74, 6) is 2.49. The molecule has 0 radical (unpaired) electrons. The van der Waals surface area contributed by atoms with Crippen molar-refractivity contribution >= 4 is 5.65 Å². The number of hydrogen-bond donors (Lipinski definition) is 0. The van der Waals surface area contributed by atoms with Crippen molar-refractivity contribution in [1.29, 1.82) is 0 Å². The monoisotopic (exact) mass is 433 g/mol. The second-order valence-corrected chi connectivity index (χ2v) is 7.32. The molecule has 0 saturated heterocycles. The van der Waals surface area contributed by atoms with E-state index in [0.717, 1.165) is 51.6 Å². The maximum absolute atomic E-state index is 5.62. The van der Waals surface area contributed by atoms with Crippen LogP contribution in [0.15, 0.2) is 42.5 Å². The second kappa shape index (κ2) is 8.78. The molecule has 0 N–H and O–H groups in total. The minimum Gasteiger partial charge on any atom is -0.497 e. The van der Waals surface area contributed by atoms with E-state index in [4.69, 9.17) is 29.0 Å². The molecule has 2 aromatic heterocycles. The van der Waals surface area contributed by atoms with E-state index in [2.05, 4.69) is 6.92 Å². The fraction of sp³-hybridized carbons (Fsp3) is 0.280. The van der Waals surface area contributed by atoms with Gasteiger partial charge in [0.25, 0.3) is 0 Å². The SMILES string of the molecule is CCc1cc2nc(C)c(-c3ccc(OC)cc3)c(-c3cc(OC)c(OC)c(OC)c3)n2n1. The summed E-state index contributed by atoms with van der Waals surface area (Å²) >= 11 is 0. The summed E-state index contributed by atoms with van der Waals surface area (Å²) < 4.78 is 24.0. The highest BCUT2D eigenvalue weighted by atomic mass is 16.5. The standard InChI is InChI=1S/C25H27N3O4/c1-7-18-14-22-26-15(2)23(16-8-10-19(29-3)11-9-16)24(28(22)27-18)17-12-20(30-4)25(32-6)21(13-17)31-5/h8-14H,7H2,1-6H3. The Morgan fingerprint density at radius 2 is 1.47 bits per heavy atom. The molecule has 0 unspecified atom stereocenters. The molecular weight excluding hydrogens is 406 g/mol. The zero-order chi connectivity index (χ0) is 22.8. The zero-order valence-corrected chi connectivity index (χ0v) is 19.2. The number of hydrogen-bond acceptors (Lipinski definition) is 6. The van der Waals surface area contributed by atoms with Gasteiger partial charge in [-0.05, 0) is 43.2 Å². The molecular formula is C25H27N3O4. The van der Waals surface area contributed by atoms with Gasteiger partial charge in [0.15, 0.2) is 17.1 Å². The highest BCUT2D eigenvalue weighted by molar-refractivity contribution is 5.86. The Hall–Kier alpha value is -3.74. The van der Waals surface area contributed by atoms with Crippen molar-refractivity contribution in [2.24, 2.45) is 0 Å². The highest BCUT2D eigenvalue weighted by Crippen LogP contribution is 2.44. The minimum atomic E-state index is 0.543. The van der Waals surface area contributed by atoms with E-state index in [1.807, 2.05) is 53.9 Å². The fourth-order valence-corrected chi connectivity index (χ4v) is 3.93. The number of aryl methyl sites for hydroxylation is 2. The molecule has 7 heteroatoms. The lowest BCUT2D eigenvalue weighted by molar-refractivity contribution is 0.324. The van der Waals surface area contributed by atoms with Crippen molar-refractivity contribution in [3.63, 3.8) is 0 Å². The Morgan fingerprint density at radius 3 is 2.00 bits per heavy atom. The molecule has 0 aliphatic carbocycles. The Labute approximate surface area is 187 Å². The third-order valence-electron chi connectivity index (χ3n) is 5.51. The molecule has 0 aliphatic rings. The topological polar surface area (TPSA) is 67.1 Å². The van der Waals surface area contributed by atoms with Crippen LogP contribution in [0.1, 0.15) is 18.3 Å². The predicted octanol–water partition coefficient (Wildman–Crippen LogP) is 4.97. The number of ether oxygens (including phenoxy) is 4. The van der Waals surface area contributed by atoms with Crippen LogP contribution >= 0.6 is 0 Å². The lowest BCUT2D eigenvalue weighted by Crippen LogP contribution is -2.04. The normalized spacial score (nSPS) is 10.9. The van der Waals surface area contributed by atoms with E-state index in [1.165, 1.54) is 0 Å². The lowest BCUT2D eigenvalue weighted by atomic mass is 9.97. The van der Waals surface area contributed by atoms with Gasteiger partial charge in [-0.2, -0.15) is 5.10 Å². The first-order chi connectivity index (χ1) is 15.5.